The highest BCUT2D eigenvalue weighted by atomic mass is 35.5. The first-order chi connectivity index (χ1) is 22.6. The number of carboxylic acid groups (broad SMARTS) is 1. The summed E-state index contributed by atoms with van der Waals surface area (Å²) in [5.41, 5.74) is 2.60. The zero-order chi connectivity index (χ0) is 34.8. The van der Waals surface area contributed by atoms with Crippen molar-refractivity contribution < 1.29 is 40.3 Å². The summed E-state index contributed by atoms with van der Waals surface area (Å²) in [7, 11) is -4.06. The number of anilines is 1. The molecule has 48 heavy (non-hydrogen) atoms. The second-order valence-electron chi connectivity index (χ2n) is 10.9. The smallest absolute Gasteiger partial charge is 0.475 e. The predicted molar refractivity (Wildman–Crippen MR) is 168 cm³/mol. The van der Waals surface area contributed by atoms with E-state index in [1.165, 1.54) is 22.9 Å². The van der Waals surface area contributed by atoms with E-state index in [1.54, 1.807) is 36.8 Å². The number of hydrogen-bond donors (Lipinski definition) is 3. The molecule has 2 aliphatic heterocycles. The summed E-state index contributed by atoms with van der Waals surface area (Å²) in [6.45, 7) is 3.39. The maximum absolute atomic E-state index is 16.3. The van der Waals surface area contributed by atoms with Crippen molar-refractivity contribution in [3.8, 4) is 28.1 Å². The van der Waals surface area contributed by atoms with Crippen molar-refractivity contribution in [3.05, 3.63) is 83.3 Å². The lowest BCUT2D eigenvalue weighted by molar-refractivity contribution is -0.192. The lowest BCUT2D eigenvalue weighted by Gasteiger charge is -2.29. The Morgan fingerprint density at radius 3 is 2.29 bits per heavy atom. The molecule has 4 N–H and O–H groups in total. The Labute approximate surface area is 276 Å². The summed E-state index contributed by atoms with van der Waals surface area (Å²) in [5.74, 6) is -3.87. The maximum Gasteiger partial charge on any atom is 0.490 e. The summed E-state index contributed by atoms with van der Waals surface area (Å²) in [6.07, 6.45) is 0.579. The first kappa shape index (κ1) is 35.2. The molecule has 2 fully saturated rings. The van der Waals surface area contributed by atoms with Crippen molar-refractivity contribution >= 4 is 33.5 Å². The minimum atomic E-state index is -5.08. The van der Waals surface area contributed by atoms with E-state index in [1.807, 2.05) is 6.07 Å². The van der Waals surface area contributed by atoms with E-state index in [-0.39, 0.29) is 28.4 Å². The van der Waals surface area contributed by atoms with E-state index in [0.717, 1.165) is 36.2 Å². The third-order valence-electron chi connectivity index (χ3n) is 7.82. The molecule has 0 aliphatic carbocycles. The lowest BCUT2D eigenvalue weighted by atomic mass is 9.96. The summed E-state index contributed by atoms with van der Waals surface area (Å²) >= 11 is 6.48. The molecule has 2 saturated heterocycles. The van der Waals surface area contributed by atoms with Gasteiger partial charge in [0.2, 0.25) is 0 Å². The van der Waals surface area contributed by atoms with Crippen molar-refractivity contribution in [2.24, 2.45) is 5.14 Å². The van der Waals surface area contributed by atoms with Crippen LogP contribution in [-0.2, 0) is 15.0 Å². The van der Waals surface area contributed by atoms with Gasteiger partial charge in [-0.05, 0) is 55.3 Å². The van der Waals surface area contributed by atoms with E-state index < -0.39 is 40.0 Å². The van der Waals surface area contributed by atoms with Gasteiger partial charge in [0, 0.05) is 84.3 Å². The van der Waals surface area contributed by atoms with Gasteiger partial charge in [0.15, 0.2) is 5.82 Å². The molecule has 0 bridgehead atoms. The average molecular weight is 714 g/mol. The van der Waals surface area contributed by atoms with Gasteiger partial charge in [-0.1, -0.05) is 11.6 Å². The highest BCUT2D eigenvalue weighted by molar-refractivity contribution is 7.86. The average Bonchev–Trinajstić information content (AvgIpc) is 3.71. The quantitative estimate of drug-likeness (QED) is 0.239. The van der Waals surface area contributed by atoms with Gasteiger partial charge in [0.05, 0.1) is 6.04 Å². The van der Waals surface area contributed by atoms with Crippen LogP contribution < -0.4 is 15.4 Å². The Morgan fingerprint density at radius 1 is 1.02 bits per heavy atom. The van der Waals surface area contributed by atoms with Crippen LogP contribution in [0.25, 0.3) is 28.1 Å². The number of piperazine rings is 1. The van der Waals surface area contributed by atoms with Gasteiger partial charge < -0.3 is 15.3 Å². The number of aliphatic carboxylic acids is 1. The number of carboxylic acids is 1. The minimum Gasteiger partial charge on any atom is -0.475 e. The molecule has 256 valence electrons. The number of nitrogens with two attached hydrogens (primary N) is 1. The largest absolute Gasteiger partial charge is 0.490 e. The van der Waals surface area contributed by atoms with Crippen molar-refractivity contribution in [1.82, 2.24) is 24.4 Å². The van der Waals surface area contributed by atoms with Crippen LogP contribution in [0.4, 0.5) is 27.6 Å². The number of pyridine rings is 1. The molecular formula is C30H29ClF5N7O4S. The van der Waals surface area contributed by atoms with Crippen molar-refractivity contribution in [2.75, 3.05) is 37.6 Å². The summed E-state index contributed by atoms with van der Waals surface area (Å²) in [6, 6.07) is 10.5. The number of nitrogens with one attached hydrogen (secondary N) is 1. The molecule has 18 heteroatoms. The number of carbonyl (C=O) groups is 1. The summed E-state index contributed by atoms with van der Waals surface area (Å²) in [4.78, 5) is 15.1. The molecule has 4 heterocycles. The number of rotatable bonds is 6. The third kappa shape index (κ3) is 7.76. The lowest BCUT2D eigenvalue weighted by Crippen LogP contribution is -2.43. The topological polar surface area (TPSA) is 147 Å². The Morgan fingerprint density at radius 2 is 1.69 bits per heavy atom. The van der Waals surface area contributed by atoms with Gasteiger partial charge in [0.1, 0.15) is 17.2 Å². The van der Waals surface area contributed by atoms with Gasteiger partial charge >= 0.3 is 12.1 Å². The number of nitrogens with zero attached hydrogens (tertiary/aromatic N) is 5. The molecule has 2 aromatic carbocycles. The molecule has 0 radical (unpaired) electrons. The van der Waals surface area contributed by atoms with Gasteiger partial charge in [-0.3, -0.25) is 4.98 Å². The normalized spacial score (nSPS) is 17.2. The van der Waals surface area contributed by atoms with Crippen LogP contribution >= 0.6 is 11.6 Å². The molecule has 11 nitrogen and oxygen atoms in total. The van der Waals surface area contributed by atoms with E-state index in [2.05, 4.69) is 20.3 Å². The summed E-state index contributed by atoms with van der Waals surface area (Å²) < 4.78 is 90.5. The predicted octanol–water partition coefficient (Wildman–Crippen LogP) is 4.92. The van der Waals surface area contributed by atoms with Gasteiger partial charge in [0.25, 0.3) is 10.2 Å². The first-order valence-electron chi connectivity index (χ1n) is 14.5. The van der Waals surface area contributed by atoms with Crippen molar-refractivity contribution in [3.63, 3.8) is 0 Å². The number of hydrogen-bond acceptors (Lipinski definition) is 7. The molecular weight excluding hydrogens is 685 g/mol. The third-order valence-corrected chi connectivity index (χ3v) is 9.12. The molecule has 2 aromatic heterocycles. The highest BCUT2D eigenvalue weighted by Crippen LogP contribution is 2.41. The monoisotopic (exact) mass is 713 g/mol. The molecule has 4 aromatic rings. The number of aromatic nitrogens is 3. The maximum atomic E-state index is 16.3. The van der Waals surface area contributed by atoms with Crippen molar-refractivity contribution in [2.45, 2.75) is 25.1 Å². The Kier molecular flexibility index (Phi) is 10.4. The zero-order valence-electron chi connectivity index (χ0n) is 25.0. The Balaban J connectivity index is 0.000000582. The number of benzene rings is 2. The fraction of sp³-hybridized carbons (Fsp3) is 0.300. The van der Waals surface area contributed by atoms with Gasteiger partial charge in [-0.25, -0.2) is 23.4 Å². The molecule has 2 aliphatic rings. The van der Waals surface area contributed by atoms with Crippen LogP contribution in [0.3, 0.4) is 0 Å². The minimum absolute atomic E-state index is 0.115. The van der Waals surface area contributed by atoms with Crippen LogP contribution in [0.1, 0.15) is 24.4 Å². The molecule has 0 saturated carbocycles. The molecule has 6 rings (SSSR count). The van der Waals surface area contributed by atoms with E-state index in [4.69, 9.17) is 26.6 Å². The molecule has 0 spiro atoms. The Bertz CT molecular complexity index is 1910. The number of halogens is 6. The molecule has 0 amide bonds. The molecule has 1 unspecified atom stereocenters. The van der Waals surface area contributed by atoms with Crippen LogP contribution in [0, 0.1) is 11.6 Å². The van der Waals surface area contributed by atoms with Gasteiger partial charge in [-0.15, -0.1) is 0 Å². The molecule has 1 atom stereocenters. The van der Waals surface area contributed by atoms with Crippen LogP contribution in [-0.4, -0.2) is 77.5 Å². The van der Waals surface area contributed by atoms with Crippen molar-refractivity contribution in [1.29, 1.82) is 0 Å². The second kappa shape index (κ2) is 14.1. The van der Waals surface area contributed by atoms with Crippen LogP contribution in [0.5, 0.6) is 0 Å². The number of alkyl halides is 3. The standard InChI is InChI=1S/C28H28ClF2N7O2S.C2HF3O2/c29-19-14-21(27(31)22(15-19)25-2-1-11-38(25)41(32,39)40)23-17-37(35-28(23)18-5-7-33-8-6-18)26-4-3-20(16-24(26)30)36-12-9-34-10-13-36;3-2(4,5)1(6)7/h3-8,14-17,25,34H,1-2,9-13H2,(H2,32,39,40);(H,6,7). The fourth-order valence-electron chi connectivity index (χ4n) is 5.62. The van der Waals surface area contributed by atoms with Gasteiger partial charge in [-0.2, -0.15) is 31.0 Å². The SMILES string of the molecule is NS(=O)(=O)N1CCCC1c1cc(Cl)cc(-c2cn(-c3ccc(N4CCNCC4)cc3F)nc2-c2ccncc2)c1F.O=C(O)C(F)(F)F. The van der Waals surface area contributed by atoms with E-state index >= 15 is 8.78 Å². The van der Waals surface area contributed by atoms with Crippen LogP contribution in [0.15, 0.2) is 61.1 Å². The van der Waals surface area contributed by atoms with Crippen LogP contribution in [0.2, 0.25) is 5.02 Å². The fourth-order valence-corrected chi connectivity index (χ4v) is 6.81. The second-order valence-corrected chi connectivity index (χ2v) is 12.9. The zero-order valence-corrected chi connectivity index (χ0v) is 26.5. The Hall–Kier alpha value is -4.16. The van der Waals surface area contributed by atoms with E-state index in [0.29, 0.717) is 29.7 Å². The van der Waals surface area contributed by atoms with E-state index in [9.17, 15) is 21.6 Å². The summed E-state index contributed by atoms with van der Waals surface area (Å²) in [5, 5.41) is 20.7. The highest BCUT2D eigenvalue weighted by Gasteiger charge is 2.38. The first-order valence-corrected chi connectivity index (χ1v) is 16.4.